The Hall–Kier alpha value is -2.43. The number of hydrogen-bond acceptors (Lipinski definition) is 4. The van der Waals surface area contributed by atoms with Crippen molar-refractivity contribution < 1.29 is 4.79 Å². The summed E-state index contributed by atoms with van der Waals surface area (Å²) in [6.45, 7) is 6.94. The van der Waals surface area contributed by atoms with Gasteiger partial charge in [-0.15, -0.1) is 0 Å². The summed E-state index contributed by atoms with van der Waals surface area (Å²) in [6, 6.07) is 7.72. The molecule has 0 saturated heterocycles. The van der Waals surface area contributed by atoms with Gasteiger partial charge >= 0.3 is 0 Å². The minimum atomic E-state index is -0.0433. The van der Waals surface area contributed by atoms with Crippen LogP contribution in [0.15, 0.2) is 42.9 Å². The van der Waals surface area contributed by atoms with E-state index >= 15 is 0 Å². The van der Waals surface area contributed by atoms with Crippen LogP contribution in [0.2, 0.25) is 0 Å². The van der Waals surface area contributed by atoms with Gasteiger partial charge in [-0.25, -0.2) is 4.98 Å². The highest BCUT2D eigenvalue weighted by molar-refractivity contribution is 5.99. The number of carbonyl (C=O) groups excluding carboxylic acids is 1. The summed E-state index contributed by atoms with van der Waals surface area (Å²) in [7, 11) is 1.92. The normalized spacial score (nSPS) is 20.1. The van der Waals surface area contributed by atoms with E-state index < -0.39 is 0 Å². The van der Waals surface area contributed by atoms with Gasteiger partial charge in [0.1, 0.15) is 5.82 Å². The van der Waals surface area contributed by atoms with E-state index in [1.807, 2.05) is 36.2 Å². The first-order valence-corrected chi connectivity index (χ1v) is 9.76. The maximum atomic E-state index is 13.0. The van der Waals surface area contributed by atoms with Gasteiger partial charge in [0.2, 0.25) is 0 Å². The van der Waals surface area contributed by atoms with Crippen molar-refractivity contribution in [1.82, 2.24) is 15.3 Å². The van der Waals surface area contributed by atoms with Gasteiger partial charge in [-0.1, -0.05) is 20.8 Å². The van der Waals surface area contributed by atoms with Crippen LogP contribution in [-0.2, 0) is 0 Å². The fourth-order valence-corrected chi connectivity index (χ4v) is 3.90. The third-order valence-corrected chi connectivity index (χ3v) is 5.69. The number of nitrogens with zero attached hydrogens (tertiary/aromatic N) is 3. The van der Waals surface area contributed by atoms with E-state index in [0.29, 0.717) is 16.8 Å². The summed E-state index contributed by atoms with van der Waals surface area (Å²) >= 11 is 0. The molecule has 1 N–H and O–H groups in total. The molecule has 27 heavy (non-hydrogen) atoms. The zero-order valence-corrected chi connectivity index (χ0v) is 16.8. The van der Waals surface area contributed by atoms with Crippen LogP contribution in [0.4, 0.5) is 11.5 Å². The summed E-state index contributed by atoms with van der Waals surface area (Å²) in [6.07, 6.45) is 9.63. The van der Waals surface area contributed by atoms with Crippen molar-refractivity contribution in [1.29, 1.82) is 0 Å². The van der Waals surface area contributed by atoms with Crippen molar-refractivity contribution >= 4 is 17.4 Å². The zero-order valence-electron chi connectivity index (χ0n) is 16.8. The highest BCUT2D eigenvalue weighted by atomic mass is 16.1. The van der Waals surface area contributed by atoms with E-state index in [0.717, 1.165) is 24.4 Å². The van der Waals surface area contributed by atoms with Crippen LogP contribution < -0.4 is 10.2 Å². The number of carbonyl (C=O) groups is 1. The average Bonchev–Trinajstić information content (AvgIpc) is 2.68. The molecular weight excluding hydrogens is 336 g/mol. The van der Waals surface area contributed by atoms with Crippen molar-refractivity contribution in [3.05, 3.63) is 48.4 Å². The molecule has 144 valence electrons. The van der Waals surface area contributed by atoms with Crippen molar-refractivity contribution in [2.75, 3.05) is 11.9 Å². The number of aromatic nitrogens is 2. The second kappa shape index (κ2) is 8.07. The third-order valence-electron chi connectivity index (χ3n) is 5.69. The lowest BCUT2D eigenvalue weighted by atomic mass is 9.71. The van der Waals surface area contributed by atoms with Crippen molar-refractivity contribution in [2.24, 2.45) is 11.3 Å². The highest BCUT2D eigenvalue weighted by Crippen LogP contribution is 2.37. The SMILES string of the molecule is CN(c1ccncc1)c1ncccc1C(=O)N[C@H]1CC[C@H](C(C)(C)C)CC1. The molecule has 3 rings (SSSR count). The summed E-state index contributed by atoms with van der Waals surface area (Å²) in [5, 5.41) is 3.24. The average molecular weight is 367 g/mol. The second-order valence-electron chi connectivity index (χ2n) is 8.53. The molecule has 5 nitrogen and oxygen atoms in total. The van der Waals surface area contributed by atoms with E-state index in [4.69, 9.17) is 0 Å². The maximum Gasteiger partial charge on any atom is 0.255 e. The number of anilines is 2. The molecule has 0 atom stereocenters. The predicted octanol–water partition coefficient (Wildman–Crippen LogP) is 4.58. The highest BCUT2D eigenvalue weighted by Gasteiger charge is 2.30. The van der Waals surface area contributed by atoms with Crippen LogP contribution in [0, 0.1) is 11.3 Å². The molecular formula is C22H30N4O. The van der Waals surface area contributed by atoms with E-state index in [-0.39, 0.29) is 11.9 Å². The summed E-state index contributed by atoms with van der Waals surface area (Å²) < 4.78 is 0. The molecule has 2 aromatic heterocycles. The molecule has 0 radical (unpaired) electrons. The molecule has 1 amide bonds. The molecule has 1 fully saturated rings. The van der Waals surface area contributed by atoms with Crippen molar-refractivity contribution in [3.8, 4) is 0 Å². The number of nitrogens with one attached hydrogen (secondary N) is 1. The van der Waals surface area contributed by atoms with Crippen LogP contribution in [-0.4, -0.2) is 29.0 Å². The molecule has 1 aliphatic rings. The minimum absolute atomic E-state index is 0.0433. The molecule has 0 spiro atoms. The lowest BCUT2D eigenvalue weighted by molar-refractivity contribution is 0.0904. The predicted molar refractivity (Wildman–Crippen MR) is 109 cm³/mol. The number of hydrogen-bond donors (Lipinski definition) is 1. The summed E-state index contributed by atoms with van der Waals surface area (Å²) in [5.74, 6) is 1.35. The topological polar surface area (TPSA) is 58.1 Å². The van der Waals surface area contributed by atoms with Crippen LogP contribution >= 0.6 is 0 Å². The zero-order chi connectivity index (χ0) is 19.4. The molecule has 0 aliphatic heterocycles. The van der Waals surface area contributed by atoms with Gasteiger partial charge in [0.05, 0.1) is 5.56 Å². The van der Waals surface area contributed by atoms with Gasteiger partial charge in [0.15, 0.2) is 0 Å². The van der Waals surface area contributed by atoms with Crippen LogP contribution in [0.5, 0.6) is 0 Å². The molecule has 5 heteroatoms. The molecule has 0 unspecified atom stereocenters. The van der Waals surface area contributed by atoms with Crippen LogP contribution in [0.25, 0.3) is 0 Å². The Morgan fingerprint density at radius 2 is 1.74 bits per heavy atom. The van der Waals surface area contributed by atoms with Crippen molar-refractivity contribution in [3.63, 3.8) is 0 Å². The Morgan fingerprint density at radius 1 is 1.07 bits per heavy atom. The van der Waals surface area contributed by atoms with Crippen LogP contribution in [0.3, 0.4) is 0 Å². The fourth-order valence-electron chi connectivity index (χ4n) is 3.90. The van der Waals surface area contributed by atoms with Gasteiger partial charge in [-0.2, -0.15) is 0 Å². The monoisotopic (exact) mass is 366 g/mol. The molecule has 1 aliphatic carbocycles. The van der Waals surface area contributed by atoms with Gasteiger partial charge in [0.25, 0.3) is 5.91 Å². The Morgan fingerprint density at radius 3 is 2.37 bits per heavy atom. The van der Waals surface area contributed by atoms with Gasteiger partial charge in [-0.05, 0) is 61.3 Å². The van der Waals surface area contributed by atoms with Gasteiger partial charge in [0, 0.05) is 37.4 Å². The molecule has 2 aromatic rings. The Kier molecular flexibility index (Phi) is 5.78. The molecule has 0 aromatic carbocycles. The molecule has 2 heterocycles. The summed E-state index contributed by atoms with van der Waals surface area (Å²) in [5.41, 5.74) is 1.90. The quantitative estimate of drug-likeness (QED) is 0.860. The van der Waals surface area contributed by atoms with Crippen molar-refractivity contribution in [2.45, 2.75) is 52.5 Å². The first-order chi connectivity index (χ1) is 12.9. The second-order valence-corrected chi connectivity index (χ2v) is 8.53. The minimum Gasteiger partial charge on any atom is -0.349 e. The Balaban J connectivity index is 1.70. The van der Waals surface area contributed by atoms with Gasteiger partial charge in [-0.3, -0.25) is 9.78 Å². The maximum absolute atomic E-state index is 13.0. The number of amides is 1. The standard InChI is InChI=1S/C22H30N4O/c1-22(2,3)16-7-9-17(10-8-16)25-21(27)19-6-5-13-24-20(19)26(4)18-11-14-23-15-12-18/h5-6,11-17H,7-10H2,1-4H3,(H,25,27)/t16-,17-. The van der Waals surface area contributed by atoms with Crippen LogP contribution in [0.1, 0.15) is 56.8 Å². The first kappa shape index (κ1) is 19.3. The van der Waals surface area contributed by atoms with E-state index in [1.165, 1.54) is 12.8 Å². The first-order valence-electron chi connectivity index (χ1n) is 9.76. The smallest absolute Gasteiger partial charge is 0.255 e. The Bertz CT molecular complexity index is 761. The van der Waals surface area contributed by atoms with Gasteiger partial charge < -0.3 is 10.2 Å². The number of rotatable bonds is 4. The largest absolute Gasteiger partial charge is 0.349 e. The van der Waals surface area contributed by atoms with E-state index in [2.05, 4.69) is 36.1 Å². The third kappa shape index (κ3) is 4.65. The lowest BCUT2D eigenvalue weighted by Crippen LogP contribution is -2.40. The van der Waals surface area contributed by atoms with E-state index in [9.17, 15) is 4.79 Å². The molecule has 1 saturated carbocycles. The fraction of sp³-hybridized carbons (Fsp3) is 0.500. The summed E-state index contributed by atoms with van der Waals surface area (Å²) in [4.78, 5) is 23.4. The molecule has 0 bridgehead atoms. The Labute approximate surface area is 162 Å². The van der Waals surface area contributed by atoms with E-state index in [1.54, 1.807) is 18.6 Å². The number of pyridine rings is 2. The lowest BCUT2D eigenvalue weighted by Gasteiger charge is -2.37.